The normalized spacial score (nSPS) is 15.8. The van der Waals surface area contributed by atoms with Gasteiger partial charge in [-0.1, -0.05) is 0 Å². The Morgan fingerprint density at radius 2 is 2.00 bits per heavy atom. The molecule has 0 aliphatic rings. The van der Waals surface area contributed by atoms with Crippen LogP contribution in [0.15, 0.2) is 0 Å². The maximum Gasteiger partial charge on any atom is 0.303 e. The summed E-state index contributed by atoms with van der Waals surface area (Å²) >= 11 is 0. The van der Waals surface area contributed by atoms with Gasteiger partial charge in [-0.3, -0.25) is 4.79 Å². The van der Waals surface area contributed by atoms with Gasteiger partial charge in [0.1, 0.15) is 0 Å². The molecule has 13 heavy (non-hydrogen) atoms. The predicted molar refractivity (Wildman–Crippen MR) is 50.6 cm³/mol. The summed E-state index contributed by atoms with van der Waals surface area (Å²) in [5.41, 5.74) is 0. The number of nitrogens with zero attached hydrogens (tertiary/aromatic N) is 1. The lowest BCUT2D eigenvalue weighted by molar-refractivity contribution is -0.137. The van der Waals surface area contributed by atoms with Gasteiger partial charge in [0, 0.05) is 12.5 Å². The van der Waals surface area contributed by atoms with Gasteiger partial charge in [-0.05, 0) is 33.9 Å². The van der Waals surface area contributed by atoms with Gasteiger partial charge < -0.3 is 15.1 Å². The van der Waals surface area contributed by atoms with E-state index in [1.807, 2.05) is 18.9 Å². The van der Waals surface area contributed by atoms with Crippen molar-refractivity contribution in [2.75, 3.05) is 13.6 Å². The fraction of sp³-hybridized carbons (Fsp3) is 0.889. The maximum atomic E-state index is 10.2. The van der Waals surface area contributed by atoms with Crippen molar-refractivity contribution in [1.29, 1.82) is 0 Å². The second-order valence-corrected chi connectivity index (χ2v) is 3.46. The lowest BCUT2D eigenvalue weighted by Crippen LogP contribution is -2.38. The van der Waals surface area contributed by atoms with Crippen LogP contribution in [-0.2, 0) is 4.79 Å². The van der Waals surface area contributed by atoms with E-state index >= 15 is 0 Å². The summed E-state index contributed by atoms with van der Waals surface area (Å²) in [6.07, 6.45) is 0.439. The van der Waals surface area contributed by atoms with Gasteiger partial charge in [0.05, 0.1) is 6.10 Å². The fourth-order valence-corrected chi connectivity index (χ4v) is 1.05. The zero-order valence-corrected chi connectivity index (χ0v) is 8.53. The average molecular weight is 189 g/mol. The summed E-state index contributed by atoms with van der Waals surface area (Å²) in [4.78, 5) is 12.2. The Morgan fingerprint density at radius 3 is 2.38 bits per heavy atom. The maximum absolute atomic E-state index is 10.2. The minimum absolute atomic E-state index is 0.0776. The number of aliphatic hydroxyl groups is 1. The number of carboxylic acids is 1. The molecule has 0 fully saturated rings. The Kier molecular flexibility index (Phi) is 5.66. The van der Waals surface area contributed by atoms with Crippen molar-refractivity contribution < 1.29 is 15.0 Å². The third kappa shape index (κ3) is 5.60. The van der Waals surface area contributed by atoms with E-state index in [4.69, 9.17) is 5.11 Å². The second kappa shape index (κ2) is 5.94. The molecular weight excluding hydrogens is 170 g/mol. The van der Waals surface area contributed by atoms with Crippen molar-refractivity contribution in [3.63, 3.8) is 0 Å². The Bertz CT molecular complexity index is 159. The van der Waals surface area contributed by atoms with Crippen LogP contribution in [0.5, 0.6) is 0 Å². The number of carbonyl (C=O) groups is 1. The molecule has 78 valence electrons. The van der Waals surface area contributed by atoms with Crippen molar-refractivity contribution in [2.45, 2.75) is 38.8 Å². The van der Waals surface area contributed by atoms with Crippen LogP contribution < -0.4 is 0 Å². The zero-order chi connectivity index (χ0) is 10.4. The van der Waals surface area contributed by atoms with Crippen molar-refractivity contribution in [3.8, 4) is 0 Å². The van der Waals surface area contributed by atoms with Gasteiger partial charge in [0.15, 0.2) is 0 Å². The topological polar surface area (TPSA) is 60.8 Å². The first-order valence-corrected chi connectivity index (χ1v) is 4.55. The molecule has 0 aromatic heterocycles. The molecule has 0 aliphatic carbocycles. The SMILES string of the molecule is CC(O)C(C)N(C)CCCC(=O)O. The van der Waals surface area contributed by atoms with E-state index in [1.54, 1.807) is 6.92 Å². The van der Waals surface area contributed by atoms with Gasteiger partial charge in [-0.2, -0.15) is 0 Å². The molecule has 0 aliphatic heterocycles. The lowest BCUT2D eigenvalue weighted by Gasteiger charge is -2.26. The molecule has 4 nitrogen and oxygen atoms in total. The molecule has 0 rings (SSSR count). The standard InChI is InChI=1S/C9H19NO3/c1-7(8(2)11)10(3)6-4-5-9(12)13/h7-8,11H,4-6H2,1-3H3,(H,12,13). The fourth-order valence-electron chi connectivity index (χ4n) is 1.05. The molecular formula is C9H19NO3. The van der Waals surface area contributed by atoms with E-state index < -0.39 is 5.97 Å². The van der Waals surface area contributed by atoms with E-state index in [0.717, 1.165) is 0 Å². The minimum Gasteiger partial charge on any atom is -0.481 e. The minimum atomic E-state index is -0.766. The highest BCUT2D eigenvalue weighted by molar-refractivity contribution is 5.66. The second-order valence-electron chi connectivity index (χ2n) is 3.46. The number of aliphatic hydroxyl groups excluding tert-OH is 1. The zero-order valence-electron chi connectivity index (χ0n) is 8.53. The van der Waals surface area contributed by atoms with Crippen molar-refractivity contribution in [3.05, 3.63) is 0 Å². The Hall–Kier alpha value is -0.610. The van der Waals surface area contributed by atoms with Crippen LogP contribution in [-0.4, -0.2) is 46.8 Å². The number of likely N-dealkylation sites (N-methyl/N-ethyl adjacent to an activating group) is 1. The quantitative estimate of drug-likeness (QED) is 0.640. The smallest absolute Gasteiger partial charge is 0.303 e. The number of aliphatic carboxylic acids is 1. The van der Waals surface area contributed by atoms with Crippen LogP contribution in [0, 0.1) is 0 Å². The summed E-state index contributed by atoms with van der Waals surface area (Å²) < 4.78 is 0. The lowest BCUT2D eigenvalue weighted by atomic mass is 10.2. The predicted octanol–water partition coefficient (Wildman–Crippen LogP) is 0.552. The molecule has 0 heterocycles. The van der Waals surface area contributed by atoms with Crippen LogP contribution in [0.4, 0.5) is 0 Å². The highest BCUT2D eigenvalue weighted by atomic mass is 16.4. The molecule has 4 heteroatoms. The first-order chi connectivity index (χ1) is 5.95. The number of hydrogen-bond acceptors (Lipinski definition) is 3. The monoisotopic (exact) mass is 189 g/mol. The van der Waals surface area contributed by atoms with E-state index in [2.05, 4.69) is 0 Å². The molecule has 0 spiro atoms. The molecule has 2 atom stereocenters. The van der Waals surface area contributed by atoms with E-state index in [1.165, 1.54) is 0 Å². The van der Waals surface area contributed by atoms with Crippen molar-refractivity contribution in [1.82, 2.24) is 4.90 Å². The average Bonchev–Trinajstić information content (AvgIpc) is 2.02. The summed E-state index contributed by atoms with van der Waals surface area (Å²) in [7, 11) is 1.89. The molecule has 0 radical (unpaired) electrons. The molecule has 0 aromatic rings. The van der Waals surface area contributed by atoms with Crippen molar-refractivity contribution in [2.24, 2.45) is 0 Å². The molecule has 0 saturated heterocycles. The largest absolute Gasteiger partial charge is 0.481 e. The first kappa shape index (κ1) is 12.4. The van der Waals surface area contributed by atoms with Crippen LogP contribution in [0.2, 0.25) is 0 Å². The van der Waals surface area contributed by atoms with Crippen LogP contribution in [0.3, 0.4) is 0 Å². The van der Waals surface area contributed by atoms with Crippen LogP contribution >= 0.6 is 0 Å². The van der Waals surface area contributed by atoms with Gasteiger partial charge in [-0.15, -0.1) is 0 Å². The number of carboxylic acid groups (broad SMARTS) is 1. The Morgan fingerprint density at radius 1 is 1.46 bits per heavy atom. The van der Waals surface area contributed by atoms with Crippen LogP contribution in [0.25, 0.3) is 0 Å². The summed E-state index contributed by atoms with van der Waals surface area (Å²) in [6.45, 7) is 4.36. The van der Waals surface area contributed by atoms with Crippen LogP contribution in [0.1, 0.15) is 26.7 Å². The van der Waals surface area contributed by atoms with E-state index in [9.17, 15) is 9.90 Å². The van der Waals surface area contributed by atoms with Gasteiger partial charge in [0.25, 0.3) is 0 Å². The summed E-state index contributed by atoms with van der Waals surface area (Å²) in [6, 6.07) is 0.0776. The highest BCUT2D eigenvalue weighted by Gasteiger charge is 2.13. The third-order valence-electron chi connectivity index (χ3n) is 2.29. The third-order valence-corrected chi connectivity index (χ3v) is 2.29. The summed E-state index contributed by atoms with van der Waals surface area (Å²) in [5, 5.41) is 17.6. The highest BCUT2D eigenvalue weighted by Crippen LogP contribution is 2.03. The van der Waals surface area contributed by atoms with Crippen molar-refractivity contribution >= 4 is 5.97 Å². The van der Waals surface area contributed by atoms with E-state index in [-0.39, 0.29) is 18.6 Å². The molecule has 2 N–H and O–H groups in total. The number of hydrogen-bond donors (Lipinski definition) is 2. The summed E-state index contributed by atoms with van der Waals surface area (Å²) in [5.74, 6) is -0.766. The molecule has 0 aromatic carbocycles. The Labute approximate surface area is 79.2 Å². The number of rotatable bonds is 6. The molecule has 0 amide bonds. The molecule has 0 saturated carbocycles. The molecule has 0 bridgehead atoms. The van der Waals surface area contributed by atoms with Gasteiger partial charge >= 0.3 is 5.97 Å². The van der Waals surface area contributed by atoms with Gasteiger partial charge in [0.2, 0.25) is 0 Å². The molecule has 2 unspecified atom stereocenters. The first-order valence-electron chi connectivity index (χ1n) is 4.55. The van der Waals surface area contributed by atoms with E-state index in [0.29, 0.717) is 13.0 Å². The van der Waals surface area contributed by atoms with Gasteiger partial charge in [-0.25, -0.2) is 0 Å². The Balaban J connectivity index is 3.61.